The minimum atomic E-state index is -3.32. The van der Waals surface area contributed by atoms with Crippen molar-refractivity contribution in [3.8, 4) is 0 Å². The maximum Gasteiger partial charge on any atom is 0.257 e. The van der Waals surface area contributed by atoms with Crippen LogP contribution in [0.4, 0.5) is 0 Å². The molecule has 0 fully saturated rings. The summed E-state index contributed by atoms with van der Waals surface area (Å²) in [5.41, 5.74) is 1.09. The smallest absolute Gasteiger partial charge is 0.257 e. The first-order valence-corrected chi connectivity index (χ1v) is 10.4. The average molecular weight is 355 g/mol. The summed E-state index contributed by atoms with van der Waals surface area (Å²) in [5, 5.41) is 4.65. The fourth-order valence-electron chi connectivity index (χ4n) is 2.29. The summed E-state index contributed by atoms with van der Waals surface area (Å²) in [4.78, 5) is 5.43. The number of nitrogens with zero attached hydrogens (tertiary/aromatic N) is 2. The summed E-state index contributed by atoms with van der Waals surface area (Å²) in [6, 6.07) is 8.16. The fourth-order valence-corrected chi connectivity index (χ4v) is 6.37. The van der Waals surface area contributed by atoms with E-state index in [2.05, 4.69) is 16.5 Å². The van der Waals surface area contributed by atoms with E-state index in [1.54, 1.807) is 22.7 Å². The minimum Gasteiger partial charge on any atom is -0.317 e. The monoisotopic (exact) mass is 354 g/mol. The van der Waals surface area contributed by atoms with Crippen molar-refractivity contribution in [1.82, 2.24) is 4.90 Å². The summed E-state index contributed by atoms with van der Waals surface area (Å²) >= 11 is 4.78. The number of hydrogen-bond acceptors (Lipinski definition) is 6. The molecule has 0 atom stereocenters. The molecule has 0 unspecified atom stereocenters. The van der Waals surface area contributed by atoms with Gasteiger partial charge in [0.2, 0.25) is 0 Å². The van der Waals surface area contributed by atoms with Gasteiger partial charge in [-0.15, -0.1) is 27.1 Å². The molecular weight excluding hydrogens is 344 g/mol. The number of rotatable bonds is 2. The molecule has 0 aliphatic carbocycles. The second kappa shape index (κ2) is 4.98. The number of hydrogen-bond donors (Lipinski definition) is 0. The van der Waals surface area contributed by atoms with Crippen LogP contribution in [0.1, 0.15) is 9.75 Å². The SMILES string of the molecule is O=S1(=O)CCN2C(=N1)SC(c1cccs1)=C2c1cccs1. The molecular formula is C13H10N2O2S4. The first kappa shape index (κ1) is 13.6. The second-order valence-electron chi connectivity index (χ2n) is 4.55. The van der Waals surface area contributed by atoms with E-state index in [0.717, 1.165) is 20.4 Å². The number of thioether (sulfide) groups is 1. The Bertz CT molecular complexity index is 833. The zero-order valence-corrected chi connectivity index (χ0v) is 14.0. The molecule has 4 rings (SSSR count). The van der Waals surface area contributed by atoms with Gasteiger partial charge < -0.3 is 4.90 Å². The van der Waals surface area contributed by atoms with E-state index in [0.29, 0.717) is 11.7 Å². The van der Waals surface area contributed by atoms with Gasteiger partial charge in [0, 0.05) is 11.4 Å². The number of thiophene rings is 2. The van der Waals surface area contributed by atoms with Crippen LogP contribution in [0.5, 0.6) is 0 Å². The average Bonchev–Trinajstić information content (AvgIpc) is 3.17. The Morgan fingerprint density at radius 1 is 1.10 bits per heavy atom. The van der Waals surface area contributed by atoms with Crippen LogP contribution in [0.3, 0.4) is 0 Å². The van der Waals surface area contributed by atoms with E-state index in [9.17, 15) is 8.42 Å². The molecule has 4 nitrogen and oxygen atoms in total. The van der Waals surface area contributed by atoms with Crippen LogP contribution in [-0.2, 0) is 10.0 Å². The van der Waals surface area contributed by atoms with Crippen LogP contribution in [0.15, 0.2) is 39.4 Å². The Labute approximate surface area is 134 Å². The van der Waals surface area contributed by atoms with Crippen LogP contribution in [0.25, 0.3) is 10.6 Å². The molecule has 108 valence electrons. The first-order valence-electron chi connectivity index (χ1n) is 6.24. The van der Waals surface area contributed by atoms with Crippen molar-refractivity contribution >= 4 is 60.2 Å². The largest absolute Gasteiger partial charge is 0.317 e. The van der Waals surface area contributed by atoms with Gasteiger partial charge in [-0.25, -0.2) is 8.42 Å². The first-order chi connectivity index (χ1) is 10.1. The summed E-state index contributed by atoms with van der Waals surface area (Å²) in [7, 11) is -3.32. The molecule has 2 aliphatic rings. The Hall–Kier alpha value is -1.09. The lowest BCUT2D eigenvalue weighted by Gasteiger charge is -2.24. The molecule has 21 heavy (non-hydrogen) atoms. The molecule has 4 heterocycles. The summed E-state index contributed by atoms with van der Waals surface area (Å²) in [6.45, 7) is 0.469. The zero-order valence-electron chi connectivity index (χ0n) is 10.7. The molecule has 0 N–H and O–H groups in total. The van der Waals surface area contributed by atoms with Crippen molar-refractivity contribution in [2.75, 3.05) is 12.3 Å². The van der Waals surface area contributed by atoms with Gasteiger partial charge in [-0.1, -0.05) is 12.1 Å². The third kappa shape index (κ3) is 2.36. The lowest BCUT2D eigenvalue weighted by atomic mass is 10.2. The molecule has 2 aromatic rings. The van der Waals surface area contributed by atoms with Crippen LogP contribution < -0.4 is 0 Å². The predicted molar refractivity (Wildman–Crippen MR) is 91.0 cm³/mol. The Balaban J connectivity index is 1.90. The highest BCUT2D eigenvalue weighted by molar-refractivity contribution is 8.23. The van der Waals surface area contributed by atoms with Gasteiger partial charge in [-0.3, -0.25) is 0 Å². The molecule has 0 amide bonds. The molecule has 0 saturated carbocycles. The van der Waals surface area contributed by atoms with Crippen molar-refractivity contribution in [3.63, 3.8) is 0 Å². The molecule has 0 bridgehead atoms. The van der Waals surface area contributed by atoms with Gasteiger partial charge in [0.05, 0.1) is 21.2 Å². The Morgan fingerprint density at radius 3 is 2.48 bits per heavy atom. The van der Waals surface area contributed by atoms with E-state index in [4.69, 9.17) is 0 Å². The highest BCUT2D eigenvalue weighted by Gasteiger charge is 2.36. The van der Waals surface area contributed by atoms with E-state index < -0.39 is 10.0 Å². The van der Waals surface area contributed by atoms with E-state index in [1.807, 2.05) is 27.8 Å². The topological polar surface area (TPSA) is 49.7 Å². The fraction of sp³-hybridized carbons (Fsp3) is 0.154. The normalized spacial score (nSPS) is 20.6. The molecule has 0 saturated heterocycles. The van der Waals surface area contributed by atoms with E-state index >= 15 is 0 Å². The standard InChI is InChI=1S/C13H10N2O2S4/c16-21(17)8-5-15-11(9-3-1-6-18-9)12(20-13(15)14-21)10-4-2-7-19-10/h1-4,6-7H,5,8H2. The number of amidine groups is 1. The number of fused-ring (bicyclic) bond motifs is 1. The third-order valence-electron chi connectivity index (χ3n) is 3.20. The van der Waals surface area contributed by atoms with Gasteiger partial charge in [0.1, 0.15) is 0 Å². The zero-order chi connectivity index (χ0) is 14.4. The third-order valence-corrected chi connectivity index (χ3v) is 7.47. The van der Waals surface area contributed by atoms with Crippen molar-refractivity contribution in [2.45, 2.75) is 0 Å². The van der Waals surface area contributed by atoms with Crippen LogP contribution in [0, 0.1) is 0 Å². The van der Waals surface area contributed by atoms with Crippen LogP contribution in [0.2, 0.25) is 0 Å². The van der Waals surface area contributed by atoms with Gasteiger partial charge in [0.25, 0.3) is 10.0 Å². The summed E-state index contributed by atoms with van der Waals surface area (Å²) in [6.07, 6.45) is 0. The quantitative estimate of drug-likeness (QED) is 0.829. The van der Waals surface area contributed by atoms with Gasteiger partial charge in [-0.05, 0) is 34.7 Å². The lowest BCUT2D eigenvalue weighted by molar-refractivity contribution is 0.567. The highest BCUT2D eigenvalue weighted by atomic mass is 32.2. The summed E-state index contributed by atoms with van der Waals surface area (Å²) < 4.78 is 27.4. The van der Waals surface area contributed by atoms with Crippen LogP contribution >= 0.6 is 34.4 Å². The minimum absolute atomic E-state index is 0.0731. The molecule has 0 aromatic carbocycles. The van der Waals surface area contributed by atoms with Gasteiger partial charge in [-0.2, -0.15) is 0 Å². The molecule has 0 spiro atoms. The van der Waals surface area contributed by atoms with Crippen molar-refractivity contribution in [3.05, 3.63) is 44.8 Å². The molecule has 2 aliphatic heterocycles. The lowest BCUT2D eigenvalue weighted by Crippen LogP contribution is -2.34. The van der Waals surface area contributed by atoms with E-state index in [-0.39, 0.29) is 5.75 Å². The number of sulfonamides is 1. The van der Waals surface area contributed by atoms with E-state index in [1.165, 1.54) is 11.8 Å². The maximum atomic E-state index is 11.7. The predicted octanol–water partition coefficient (Wildman–Crippen LogP) is 3.38. The Morgan fingerprint density at radius 2 is 1.81 bits per heavy atom. The van der Waals surface area contributed by atoms with Crippen molar-refractivity contribution in [1.29, 1.82) is 0 Å². The van der Waals surface area contributed by atoms with Gasteiger partial charge in [0.15, 0.2) is 5.17 Å². The van der Waals surface area contributed by atoms with Gasteiger partial charge >= 0.3 is 0 Å². The van der Waals surface area contributed by atoms with Crippen LogP contribution in [-0.4, -0.2) is 30.8 Å². The molecule has 0 radical (unpaired) electrons. The second-order valence-corrected chi connectivity index (χ2v) is 9.17. The van der Waals surface area contributed by atoms with Crippen molar-refractivity contribution < 1.29 is 8.42 Å². The molecule has 2 aromatic heterocycles. The molecule has 8 heteroatoms. The highest BCUT2D eigenvalue weighted by Crippen LogP contribution is 2.48. The summed E-state index contributed by atoms with van der Waals surface area (Å²) in [5.74, 6) is 0.0731. The Kier molecular flexibility index (Phi) is 3.21. The maximum absolute atomic E-state index is 11.7. The van der Waals surface area contributed by atoms with Crippen molar-refractivity contribution in [2.24, 2.45) is 4.40 Å².